The average Bonchev–Trinajstić information content (AvgIpc) is 2.48. The minimum atomic E-state index is 0.292. The van der Waals surface area contributed by atoms with Crippen LogP contribution in [0.1, 0.15) is 31.0 Å². The molecule has 0 fully saturated rings. The molecule has 2 rings (SSSR count). The third-order valence-corrected chi connectivity index (χ3v) is 3.30. The van der Waals surface area contributed by atoms with E-state index in [9.17, 15) is 0 Å². The molecule has 0 radical (unpaired) electrons. The van der Waals surface area contributed by atoms with Crippen LogP contribution >= 0.6 is 0 Å². The molecule has 0 saturated heterocycles. The van der Waals surface area contributed by atoms with Gasteiger partial charge in [-0.05, 0) is 31.2 Å². The molecule has 2 aromatic heterocycles. The summed E-state index contributed by atoms with van der Waals surface area (Å²) in [6.45, 7) is 6.03. The molecule has 2 heterocycles. The van der Waals surface area contributed by atoms with Crippen LogP contribution in [0.3, 0.4) is 0 Å². The maximum Gasteiger partial charge on any atom is 0.133 e. The van der Waals surface area contributed by atoms with Crippen molar-refractivity contribution in [2.75, 3.05) is 18.5 Å². The van der Waals surface area contributed by atoms with E-state index in [1.807, 2.05) is 24.5 Å². The Kier molecular flexibility index (Phi) is 5.07. The summed E-state index contributed by atoms with van der Waals surface area (Å²) in [5, 5.41) is 3.44. The van der Waals surface area contributed by atoms with E-state index >= 15 is 0 Å². The van der Waals surface area contributed by atoms with E-state index in [1.165, 1.54) is 11.1 Å². The normalized spacial score (nSPS) is 12.2. The molecule has 1 N–H and O–H groups in total. The third kappa shape index (κ3) is 3.54. The van der Waals surface area contributed by atoms with Crippen molar-refractivity contribution < 1.29 is 0 Å². The molecule has 0 aromatic carbocycles. The lowest BCUT2D eigenvalue weighted by Crippen LogP contribution is -2.24. The Balaban J connectivity index is 2.19. The van der Waals surface area contributed by atoms with Gasteiger partial charge in [-0.25, -0.2) is 4.98 Å². The van der Waals surface area contributed by atoms with Crippen LogP contribution in [0.2, 0.25) is 0 Å². The molecule has 0 bridgehead atoms. The van der Waals surface area contributed by atoms with Crippen LogP contribution < -0.4 is 10.2 Å². The fourth-order valence-electron chi connectivity index (χ4n) is 2.32. The molecule has 1 unspecified atom stereocenters. The first-order valence-electron chi connectivity index (χ1n) is 7.00. The second-order valence-electron chi connectivity index (χ2n) is 4.91. The van der Waals surface area contributed by atoms with E-state index in [-0.39, 0.29) is 0 Å². The highest BCUT2D eigenvalue weighted by Crippen LogP contribution is 2.23. The molecule has 4 nitrogen and oxygen atoms in total. The van der Waals surface area contributed by atoms with Crippen LogP contribution in [0.4, 0.5) is 5.82 Å². The Labute approximate surface area is 120 Å². The maximum absolute atomic E-state index is 4.54. The number of pyridine rings is 2. The standard InChI is InChI=1S/C16H22N4/c1-4-18-13(2)15-8-6-10-19-16(15)20(3)12-14-7-5-9-17-11-14/h5-11,13,18H,4,12H2,1-3H3. The topological polar surface area (TPSA) is 41.1 Å². The number of hydrogen-bond donors (Lipinski definition) is 1. The van der Waals surface area contributed by atoms with E-state index in [4.69, 9.17) is 0 Å². The first-order chi connectivity index (χ1) is 9.72. The van der Waals surface area contributed by atoms with Gasteiger partial charge in [0.05, 0.1) is 0 Å². The Morgan fingerprint density at radius 2 is 2.05 bits per heavy atom. The van der Waals surface area contributed by atoms with Crippen molar-refractivity contribution in [3.05, 3.63) is 54.0 Å². The third-order valence-electron chi connectivity index (χ3n) is 3.30. The van der Waals surface area contributed by atoms with Gasteiger partial charge in [0, 0.05) is 43.8 Å². The second-order valence-corrected chi connectivity index (χ2v) is 4.91. The fourth-order valence-corrected chi connectivity index (χ4v) is 2.32. The van der Waals surface area contributed by atoms with Crippen molar-refractivity contribution >= 4 is 5.82 Å². The van der Waals surface area contributed by atoms with E-state index in [0.717, 1.165) is 18.9 Å². The molecule has 0 aliphatic heterocycles. The fraction of sp³-hybridized carbons (Fsp3) is 0.375. The molecule has 0 saturated carbocycles. The number of anilines is 1. The highest BCUT2D eigenvalue weighted by atomic mass is 15.2. The molecule has 20 heavy (non-hydrogen) atoms. The zero-order chi connectivity index (χ0) is 14.4. The number of hydrogen-bond acceptors (Lipinski definition) is 4. The minimum Gasteiger partial charge on any atom is -0.355 e. The summed E-state index contributed by atoms with van der Waals surface area (Å²) in [6, 6.07) is 8.46. The first-order valence-corrected chi connectivity index (χ1v) is 7.00. The maximum atomic E-state index is 4.54. The zero-order valence-corrected chi connectivity index (χ0v) is 12.4. The molecule has 0 amide bonds. The van der Waals surface area contributed by atoms with Crippen LogP contribution in [-0.2, 0) is 6.54 Å². The van der Waals surface area contributed by atoms with Gasteiger partial charge in [-0.2, -0.15) is 0 Å². The van der Waals surface area contributed by atoms with Gasteiger partial charge in [-0.15, -0.1) is 0 Å². The first kappa shape index (κ1) is 14.5. The van der Waals surface area contributed by atoms with E-state index in [0.29, 0.717) is 6.04 Å². The molecule has 106 valence electrons. The van der Waals surface area contributed by atoms with Crippen LogP contribution in [0, 0.1) is 0 Å². The lowest BCUT2D eigenvalue weighted by molar-refractivity contribution is 0.594. The summed E-state index contributed by atoms with van der Waals surface area (Å²) in [5.74, 6) is 1.02. The monoisotopic (exact) mass is 270 g/mol. The van der Waals surface area contributed by atoms with Gasteiger partial charge < -0.3 is 10.2 Å². The van der Waals surface area contributed by atoms with Crippen molar-refractivity contribution in [1.82, 2.24) is 15.3 Å². The number of nitrogens with zero attached hydrogens (tertiary/aromatic N) is 3. The predicted molar refractivity (Wildman–Crippen MR) is 82.7 cm³/mol. The van der Waals surface area contributed by atoms with Crippen molar-refractivity contribution in [1.29, 1.82) is 0 Å². The highest BCUT2D eigenvalue weighted by molar-refractivity contribution is 5.48. The summed E-state index contributed by atoms with van der Waals surface area (Å²) in [5.41, 5.74) is 2.41. The molecule has 4 heteroatoms. The van der Waals surface area contributed by atoms with E-state index in [2.05, 4.69) is 53.2 Å². The minimum absolute atomic E-state index is 0.292. The van der Waals surface area contributed by atoms with Gasteiger partial charge in [0.2, 0.25) is 0 Å². The van der Waals surface area contributed by atoms with Crippen LogP contribution in [0.5, 0.6) is 0 Å². The summed E-state index contributed by atoms with van der Waals surface area (Å²) in [6.07, 6.45) is 5.53. The summed E-state index contributed by atoms with van der Waals surface area (Å²) in [7, 11) is 2.07. The summed E-state index contributed by atoms with van der Waals surface area (Å²) in [4.78, 5) is 10.9. The van der Waals surface area contributed by atoms with Gasteiger partial charge in [-0.1, -0.05) is 19.1 Å². The second kappa shape index (κ2) is 7.01. The quantitative estimate of drug-likeness (QED) is 0.876. The molecule has 0 spiro atoms. The Morgan fingerprint density at radius 1 is 1.25 bits per heavy atom. The average molecular weight is 270 g/mol. The predicted octanol–water partition coefficient (Wildman–Crippen LogP) is 2.78. The van der Waals surface area contributed by atoms with E-state index < -0.39 is 0 Å². The van der Waals surface area contributed by atoms with Crippen molar-refractivity contribution in [2.24, 2.45) is 0 Å². The lowest BCUT2D eigenvalue weighted by atomic mass is 10.1. The van der Waals surface area contributed by atoms with Crippen molar-refractivity contribution in [3.8, 4) is 0 Å². The molecule has 0 aliphatic carbocycles. The van der Waals surface area contributed by atoms with Gasteiger partial charge in [0.1, 0.15) is 5.82 Å². The van der Waals surface area contributed by atoms with Gasteiger partial charge in [0.15, 0.2) is 0 Å². The molecular weight excluding hydrogens is 248 g/mol. The van der Waals surface area contributed by atoms with Gasteiger partial charge in [-0.3, -0.25) is 4.98 Å². The van der Waals surface area contributed by atoms with Crippen LogP contribution in [0.25, 0.3) is 0 Å². The molecular formula is C16H22N4. The summed E-state index contributed by atoms with van der Waals surface area (Å²) < 4.78 is 0. The number of aromatic nitrogens is 2. The van der Waals surface area contributed by atoms with E-state index in [1.54, 1.807) is 6.20 Å². The Hall–Kier alpha value is -1.94. The molecule has 2 aromatic rings. The highest BCUT2D eigenvalue weighted by Gasteiger charge is 2.13. The Morgan fingerprint density at radius 3 is 2.75 bits per heavy atom. The van der Waals surface area contributed by atoms with Gasteiger partial charge >= 0.3 is 0 Å². The largest absolute Gasteiger partial charge is 0.355 e. The lowest BCUT2D eigenvalue weighted by Gasteiger charge is -2.24. The van der Waals surface area contributed by atoms with Gasteiger partial charge in [0.25, 0.3) is 0 Å². The van der Waals surface area contributed by atoms with Crippen molar-refractivity contribution in [2.45, 2.75) is 26.4 Å². The number of nitrogens with one attached hydrogen (secondary N) is 1. The van der Waals surface area contributed by atoms with Crippen molar-refractivity contribution in [3.63, 3.8) is 0 Å². The van der Waals surface area contributed by atoms with Crippen LogP contribution in [-0.4, -0.2) is 23.6 Å². The number of rotatable bonds is 6. The zero-order valence-electron chi connectivity index (χ0n) is 12.4. The molecule has 0 aliphatic rings. The van der Waals surface area contributed by atoms with Crippen LogP contribution in [0.15, 0.2) is 42.9 Å². The SMILES string of the molecule is CCNC(C)c1cccnc1N(C)Cc1cccnc1. The summed E-state index contributed by atoms with van der Waals surface area (Å²) >= 11 is 0. The smallest absolute Gasteiger partial charge is 0.133 e. The Bertz CT molecular complexity index is 527. The molecule has 1 atom stereocenters.